The summed E-state index contributed by atoms with van der Waals surface area (Å²) in [5.41, 5.74) is 2.63. The Bertz CT molecular complexity index is 1400. The van der Waals surface area contributed by atoms with Crippen molar-refractivity contribution >= 4 is 29.0 Å². The topological polar surface area (TPSA) is 50.2 Å². The largest absolute Gasteiger partial charge is 0.340 e. The molecule has 1 N–H and O–H groups in total. The number of aromatic nitrogens is 2. The van der Waals surface area contributed by atoms with Crippen LogP contribution in [0.5, 0.6) is 0 Å². The molecule has 0 fully saturated rings. The number of nitrogens with one attached hydrogen (secondary N) is 1. The highest BCUT2D eigenvalue weighted by Gasteiger charge is 2.27. The smallest absolute Gasteiger partial charge is 0.223 e. The average molecular weight is 511 g/mol. The van der Waals surface area contributed by atoms with Gasteiger partial charge >= 0.3 is 0 Å². The second-order valence-electron chi connectivity index (χ2n) is 8.58. The predicted octanol–water partition coefficient (Wildman–Crippen LogP) is 6.34. The highest BCUT2D eigenvalue weighted by molar-refractivity contribution is 6.30. The Kier molecular flexibility index (Phi) is 6.69. The number of anilines is 2. The van der Waals surface area contributed by atoms with E-state index in [4.69, 9.17) is 16.6 Å². The summed E-state index contributed by atoms with van der Waals surface area (Å²) in [6.45, 7) is 1.25. The standard InChI is InChI=1S/C27H22ClF3N4O/c28-22-11-10-21(15-23(22)31)32-27-26(18-4-8-20(30)9-5-18)33-24-16-34(13-14-35(24)27)25(36)12-3-17-1-6-19(29)7-2-17/h1-2,4-11,15,32H,3,12-14,16H2. The SMILES string of the molecule is O=C(CCc1ccc(F)cc1)N1CCn2c(nc(-c3ccc(F)cc3)c2Nc2ccc(Cl)c(F)c2)C1. The molecule has 0 saturated carbocycles. The van der Waals surface area contributed by atoms with Crippen LogP contribution in [0, 0.1) is 17.5 Å². The van der Waals surface area contributed by atoms with Gasteiger partial charge in [0.15, 0.2) is 0 Å². The van der Waals surface area contributed by atoms with Crippen LogP contribution in [0.3, 0.4) is 0 Å². The summed E-state index contributed by atoms with van der Waals surface area (Å²) in [6, 6.07) is 16.5. The van der Waals surface area contributed by atoms with Crippen molar-refractivity contribution in [2.45, 2.75) is 25.9 Å². The van der Waals surface area contributed by atoms with E-state index in [-0.39, 0.29) is 22.6 Å². The van der Waals surface area contributed by atoms with Gasteiger partial charge in [-0.1, -0.05) is 23.7 Å². The molecular weight excluding hydrogens is 489 g/mol. The second-order valence-corrected chi connectivity index (χ2v) is 8.99. The van der Waals surface area contributed by atoms with Crippen LogP contribution in [-0.2, 0) is 24.3 Å². The number of hydrogen-bond donors (Lipinski definition) is 1. The van der Waals surface area contributed by atoms with Crippen molar-refractivity contribution in [3.05, 3.63) is 101 Å². The van der Waals surface area contributed by atoms with Crippen LogP contribution < -0.4 is 5.32 Å². The maximum absolute atomic E-state index is 14.1. The van der Waals surface area contributed by atoms with Crippen molar-refractivity contribution in [1.82, 2.24) is 14.5 Å². The maximum Gasteiger partial charge on any atom is 0.223 e. The molecule has 1 aliphatic heterocycles. The zero-order chi connectivity index (χ0) is 25.2. The van der Waals surface area contributed by atoms with E-state index in [2.05, 4.69) is 5.32 Å². The maximum atomic E-state index is 14.1. The summed E-state index contributed by atoms with van der Waals surface area (Å²) in [6.07, 6.45) is 0.812. The molecule has 5 nitrogen and oxygen atoms in total. The minimum atomic E-state index is -0.554. The summed E-state index contributed by atoms with van der Waals surface area (Å²) in [5, 5.41) is 3.25. The van der Waals surface area contributed by atoms with Crippen LogP contribution >= 0.6 is 11.6 Å². The molecule has 5 rings (SSSR count). The molecule has 1 aromatic heterocycles. The third kappa shape index (κ3) is 5.09. The third-order valence-electron chi connectivity index (χ3n) is 6.17. The molecule has 0 spiro atoms. The molecule has 1 amide bonds. The van der Waals surface area contributed by atoms with Crippen molar-refractivity contribution in [1.29, 1.82) is 0 Å². The lowest BCUT2D eigenvalue weighted by Gasteiger charge is -2.28. The minimum absolute atomic E-state index is 0.0180. The average Bonchev–Trinajstić information content (AvgIpc) is 3.23. The number of benzene rings is 3. The first kappa shape index (κ1) is 23.9. The summed E-state index contributed by atoms with van der Waals surface area (Å²) < 4.78 is 42.7. The van der Waals surface area contributed by atoms with Gasteiger partial charge in [0.05, 0.1) is 11.6 Å². The molecular formula is C27H22ClF3N4O. The zero-order valence-corrected chi connectivity index (χ0v) is 19.9. The van der Waals surface area contributed by atoms with Gasteiger partial charge < -0.3 is 14.8 Å². The molecule has 3 aromatic carbocycles. The number of nitrogens with zero attached hydrogens (tertiary/aromatic N) is 3. The van der Waals surface area contributed by atoms with E-state index >= 15 is 0 Å². The molecule has 0 aliphatic carbocycles. The Hall–Kier alpha value is -3.78. The van der Waals surface area contributed by atoms with Gasteiger partial charge in [-0.2, -0.15) is 0 Å². The van der Waals surface area contributed by atoms with Gasteiger partial charge in [-0.05, 0) is 66.6 Å². The Morgan fingerprint density at radius 1 is 0.944 bits per heavy atom. The number of fused-ring (bicyclic) bond motifs is 1. The molecule has 0 atom stereocenters. The predicted molar refractivity (Wildman–Crippen MR) is 132 cm³/mol. The van der Waals surface area contributed by atoms with Crippen LogP contribution in [0.2, 0.25) is 5.02 Å². The van der Waals surface area contributed by atoms with Gasteiger partial charge in [0.25, 0.3) is 0 Å². The zero-order valence-electron chi connectivity index (χ0n) is 19.1. The van der Waals surface area contributed by atoms with Gasteiger partial charge in [0.1, 0.15) is 34.8 Å². The van der Waals surface area contributed by atoms with E-state index in [0.717, 1.165) is 5.56 Å². The Labute approximate surface area is 211 Å². The van der Waals surface area contributed by atoms with E-state index in [0.29, 0.717) is 61.1 Å². The van der Waals surface area contributed by atoms with Crippen LogP contribution in [0.1, 0.15) is 17.8 Å². The Morgan fingerprint density at radius 3 is 2.33 bits per heavy atom. The lowest BCUT2D eigenvalue weighted by atomic mass is 10.1. The normalized spacial score (nSPS) is 12.9. The van der Waals surface area contributed by atoms with Crippen molar-refractivity contribution in [3.63, 3.8) is 0 Å². The first-order valence-corrected chi connectivity index (χ1v) is 11.8. The molecule has 36 heavy (non-hydrogen) atoms. The molecule has 184 valence electrons. The third-order valence-corrected chi connectivity index (χ3v) is 6.47. The first-order chi connectivity index (χ1) is 17.4. The monoisotopic (exact) mass is 510 g/mol. The summed E-state index contributed by atoms with van der Waals surface area (Å²) >= 11 is 5.83. The van der Waals surface area contributed by atoms with Crippen molar-refractivity contribution < 1.29 is 18.0 Å². The number of hydrogen-bond acceptors (Lipinski definition) is 3. The summed E-state index contributed by atoms with van der Waals surface area (Å²) in [5.74, 6) is 0.0301. The Morgan fingerprint density at radius 2 is 1.64 bits per heavy atom. The van der Waals surface area contributed by atoms with Gasteiger partial charge in [-0.3, -0.25) is 4.79 Å². The van der Waals surface area contributed by atoms with Crippen molar-refractivity contribution in [3.8, 4) is 11.3 Å². The highest BCUT2D eigenvalue weighted by Crippen LogP contribution is 2.34. The quantitative estimate of drug-likeness (QED) is 0.329. The molecule has 4 aromatic rings. The lowest BCUT2D eigenvalue weighted by molar-refractivity contribution is -0.132. The molecule has 0 radical (unpaired) electrons. The van der Waals surface area contributed by atoms with Crippen LogP contribution in [0.4, 0.5) is 24.7 Å². The van der Waals surface area contributed by atoms with Gasteiger partial charge in [0.2, 0.25) is 5.91 Å². The highest BCUT2D eigenvalue weighted by atomic mass is 35.5. The van der Waals surface area contributed by atoms with E-state index in [1.807, 2.05) is 4.57 Å². The number of rotatable bonds is 6. The summed E-state index contributed by atoms with van der Waals surface area (Å²) in [4.78, 5) is 19.4. The first-order valence-electron chi connectivity index (χ1n) is 11.5. The van der Waals surface area contributed by atoms with E-state index in [1.54, 1.807) is 35.2 Å². The van der Waals surface area contributed by atoms with E-state index in [1.165, 1.54) is 36.4 Å². The lowest BCUT2D eigenvalue weighted by Crippen LogP contribution is -2.38. The molecule has 1 aliphatic rings. The number of aryl methyl sites for hydroxylation is 1. The van der Waals surface area contributed by atoms with E-state index < -0.39 is 5.82 Å². The van der Waals surface area contributed by atoms with Gasteiger partial charge in [-0.25, -0.2) is 18.2 Å². The fraction of sp³-hybridized carbons (Fsp3) is 0.185. The Balaban J connectivity index is 1.40. The number of carbonyl (C=O) groups excluding carboxylic acids is 1. The number of halogens is 4. The van der Waals surface area contributed by atoms with Crippen molar-refractivity contribution in [2.75, 3.05) is 11.9 Å². The van der Waals surface area contributed by atoms with E-state index in [9.17, 15) is 18.0 Å². The van der Waals surface area contributed by atoms with Crippen molar-refractivity contribution in [2.24, 2.45) is 0 Å². The second kappa shape index (κ2) is 10.1. The minimum Gasteiger partial charge on any atom is -0.340 e. The number of amides is 1. The molecule has 0 unspecified atom stereocenters. The molecule has 2 heterocycles. The number of carbonyl (C=O) groups is 1. The molecule has 0 saturated heterocycles. The van der Waals surface area contributed by atoms with Crippen LogP contribution in [0.25, 0.3) is 11.3 Å². The molecule has 9 heteroatoms. The van der Waals surface area contributed by atoms with Gasteiger partial charge in [-0.15, -0.1) is 0 Å². The fourth-order valence-electron chi connectivity index (χ4n) is 4.25. The molecule has 0 bridgehead atoms. The fourth-order valence-corrected chi connectivity index (χ4v) is 4.37. The van der Waals surface area contributed by atoms with Gasteiger partial charge in [0, 0.05) is 30.8 Å². The number of imidazole rings is 1. The van der Waals surface area contributed by atoms with Crippen LogP contribution in [-0.4, -0.2) is 26.9 Å². The van der Waals surface area contributed by atoms with Crippen LogP contribution in [0.15, 0.2) is 66.7 Å². The summed E-state index contributed by atoms with van der Waals surface area (Å²) in [7, 11) is 0.